The van der Waals surface area contributed by atoms with Crippen LogP contribution in [0.2, 0.25) is 0 Å². The largest absolute Gasteiger partial charge is 0.481 e. The molecule has 2 N–H and O–H groups in total. The van der Waals surface area contributed by atoms with E-state index >= 15 is 0 Å². The summed E-state index contributed by atoms with van der Waals surface area (Å²) in [5.74, 6) is -0.716. The van der Waals surface area contributed by atoms with Crippen LogP contribution in [0.15, 0.2) is 24.3 Å². The molecule has 1 saturated heterocycles. The van der Waals surface area contributed by atoms with E-state index in [2.05, 4.69) is 5.32 Å². The molecule has 2 amide bonds. The van der Waals surface area contributed by atoms with Crippen LogP contribution in [0.3, 0.4) is 0 Å². The van der Waals surface area contributed by atoms with Crippen molar-refractivity contribution in [1.82, 2.24) is 10.2 Å². The first-order valence-corrected chi connectivity index (χ1v) is 9.18. The zero-order chi connectivity index (χ0) is 19.1. The van der Waals surface area contributed by atoms with Crippen molar-refractivity contribution in [3.8, 4) is 0 Å². The number of hydrogen-bond acceptors (Lipinski definition) is 3. The molecule has 0 radical (unpaired) electrons. The molecule has 0 saturated carbocycles. The minimum Gasteiger partial charge on any atom is -0.481 e. The van der Waals surface area contributed by atoms with E-state index < -0.39 is 5.97 Å². The maximum Gasteiger partial charge on any atom is 0.303 e. The molecule has 2 rings (SSSR count). The summed E-state index contributed by atoms with van der Waals surface area (Å²) < 4.78 is 0. The molecule has 0 bridgehead atoms. The highest BCUT2D eigenvalue weighted by atomic mass is 16.4. The smallest absolute Gasteiger partial charge is 0.303 e. The van der Waals surface area contributed by atoms with Gasteiger partial charge in [-0.15, -0.1) is 0 Å². The monoisotopic (exact) mass is 360 g/mol. The topological polar surface area (TPSA) is 86.7 Å². The molecule has 1 aromatic rings. The Hall–Kier alpha value is -2.37. The van der Waals surface area contributed by atoms with Gasteiger partial charge in [0.25, 0.3) is 0 Å². The number of carbonyl (C=O) groups excluding carboxylic acids is 2. The van der Waals surface area contributed by atoms with E-state index in [1.807, 2.05) is 36.1 Å². The van der Waals surface area contributed by atoms with Crippen molar-refractivity contribution in [3.63, 3.8) is 0 Å². The molecule has 1 aliphatic rings. The van der Waals surface area contributed by atoms with Gasteiger partial charge < -0.3 is 15.3 Å². The van der Waals surface area contributed by atoms with E-state index in [0.717, 1.165) is 24.0 Å². The molecule has 6 nitrogen and oxygen atoms in total. The van der Waals surface area contributed by atoms with E-state index in [4.69, 9.17) is 5.11 Å². The summed E-state index contributed by atoms with van der Waals surface area (Å²) in [4.78, 5) is 36.9. The van der Waals surface area contributed by atoms with Gasteiger partial charge in [-0.2, -0.15) is 0 Å². The average molecular weight is 360 g/mol. The third-order valence-electron chi connectivity index (χ3n) is 4.87. The third-order valence-corrected chi connectivity index (χ3v) is 4.87. The summed E-state index contributed by atoms with van der Waals surface area (Å²) in [5, 5.41) is 11.7. The fourth-order valence-corrected chi connectivity index (χ4v) is 3.45. The number of likely N-dealkylation sites (tertiary alicyclic amines) is 1. The molecular formula is C20H28N2O4. The van der Waals surface area contributed by atoms with Gasteiger partial charge in [0.05, 0.1) is 12.5 Å². The number of rotatable bonds is 7. The minimum atomic E-state index is -0.793. The highest BCUT2D eigenvalue weighted by molar-refractivity contribution is 5.79. The molecule has 142 valence electrons. The molecule has 6 heteroatoms. The summed E-state index contributed by atoms with van der Waals surface area (Å²) in [7, 11) is 0. The molecule has 1 heterocycles. The summed E-state index contributed by atoms with van der Waals surface area (Å²) in [6, 6.07) is 7.47. The Labute approximate surface area is 154 Å². The lowest BCUT2D eigenvalue weighted by Crippen LogP contribution is -2.42. The zero-order valence-corrected chi connectivity index (χ0v) is 15.5. The summed E-state index contributed by atoms with van der Waals surface area (Å²) in [6.45, 7) is 4.75. The number of nitrogens with one attached hydrogen (secondary N) is 1. The van der Waals surface area contributed by atoms with Crippen molar-refractivity contribution >= 4 is 17.8 Å². The van der Waals surface area contributed by atoms with Crippen LogP contribution in [0, 0.1) is 12.8 Å². The van der Waals surface area contributed by atoms with Crippen molar-refractivity contribution in [2.75, 3.05) is 13.1 Å². The number of benzene rings is 1. The maximum atomic E-state index is 12.8. The molecule has 0 spiro atoms. The van der Waals surface area contributed by atoms with Gasteiger partial charge in [-0.3, -0.25) is 14.4 Å². The minimum absolute atomic E-state index is 0.00403. The highest BCUT2D eigenvalue weighted by Gasteiger charge is 2.26. The second-order valence-corrected chi connectivity index (χ2v) is 7.15. The highest BCUT2D eigenvalue weighted by Crippen LogP contribution is 2.24. The van der Waals surface area contributed by atoms with Crippen LogP contribution < -0.4 is 5.32 Å². The number of aryl methyl sites for hydroxylation is 1. The Morgan fingerprint density at radius 1 is 1.27 bits per heavy atom. The first-order chi connectivity index (χ1) is 12.3. The lowest BCUT2D eigenvalue weighted by molar-refractivity contribution is -0.137. The fourth-order valence-electron chi connectivity index (χ4n) is 3.45. The summed E-state index contributed by atoms with van der Waals surface area (Å²) in [6.07, 6.45) is 2.82. The van der Waals surface area contributed by atoms with Crippen molar-refractivity contribution in [2.45, 2.75) is 52.0 Å². The van der Waals surface area contributed by atoms with Crippen LogP contribution in [0.25, 0.3) is 0 Å². The van der Waals surface area contributed by atoms with Crippen molar-refractivity contribution < 1.29 is 19.5 Å². The first-order valence-electron chi connectivity index (χ1n) is 9.18. The molecular weight excluding hydrogens is 332 g/mol. The predicted octanol–water partition coefficient (Wildman–Crippen LogP) is 2.67. The van der Waals surface area contributed by atoms with Crippen LogP contribution in [-0.2, 0) is 14.4 Å². The van der Waals surface area contributed by atoms with E-state index in [0.29, 0.717) is 19.5 Å². The molecule has 0 unspecified atom stereocenters. The average Bonchev–Trinajstić information content (AvgIpc) is 2.60. The molecule has 1 aliphatic heterocycles. The van der Waals surface area contributed by atoms with Gasteiger partial charge in [0.1, 0.15) is 0 Å². The molecule has 2 atom stereocenters. The lowest BCUT2D eigenvalue weighted by Gasteiger charge is -2.33. The number of hydrogen-bond donors (Lipinski definition) is 2. The van der Waals surface area contributed by atoms with Crippen LogP contribution >= 0.6 is 0 Å². The van der Waals surface area contributed by atoms with Gasteiger partial charge in [0, 0.05) is 26.4 Å². The van der Waals surface area contributed by atoms with Crippen LogP contribution in [0.1, 0.15) is 56.2 Å². The van der Waals surface area contributed by atoms with E-state index in [1.165, 1.54) is 6.92 Å². The Morgan fingerprint density at radius 2 is 1.96 bits per heavy atom. The number of aliphatic carboxylic acids is 1. The van der Waals surface area contributed by atoms with Gasteiger partial charge in [0.15, 0.2) is 0 Å². The molecule has 26 heavy (non-hydrogen) atoms. The van der Waals surface area contributed by atoms with E-state index in [1.54, 1.807) is 0 Å². The number of carboxylic acids is 1. The molecule has 1 aromatic carbocycles. The number of amides is 2. The van der Waals surface area contributed by atoms with Gasteiger partial charge in [-0.1, -0.05) is 29.8 Å². The van der Waals surface area contributed by atoms with E-state index in [9.17, 15) is 14.4 Å². The second kappa shape index (κ2) is 9.36. The first kappa shape index (κ1) is 19.9. The van der Waals surface area contributed by atoms with Crippen LogP contribution in [-0.4, -0.2) is 40.9 Å². The quantitative estimate of drug-likeness (QED) is 0.783. The van der Waals surface area contributed by atoms with Crippen molar-refractivity contribution in [3.05, 3.63) is 35.4 Å². The van der Waals surface area contributed by atoms with Crippen LogP contribution in [0.5, 0.6) is 0 Å². The van der Waals surface area contributed by atoms with Gasteiger partial charge in [-0.05, 0) is 37.7 Å². The lowest BCUT2D eigenvalue weighted by atomic mass is 9.92. The zero-order valence-electron chi connectivity index (χ0n) is 15.5. The van der Waals surface area contributed by atoms with Crippen molar-refractivity contribution in [1.29, 1.82) is 0 Å². The molecule has 0 aromatic heterocycles. The Morgan fingerprint density at radius 3 is 2.58 bits per heavy atom. The van der Waals surface area contributed by atoms with E-state index in [-0.39, 0.29) is 36.6 Å². The number of carbonyl (C=O) groups is 3. The Balaban J connectivity index is 2.00. The fraction of sp³-hybridized carbons (Fsp3) is 0.550. The Kier molecular flexibility index (Phi) is 7.18. The Bertz CT molecular complexity index is 642. The standard InChI is InChI=1S/C20H28N2O4/c1-14-5-8-17(9-6-14)18(21-15(2)23)12-19(24)22-11-3-4-16(13-22)7-10-20(25)26/h5-6,8-9,16,18H,3-4,7,10-13H2,1-2H3,(H,21,23)(H,25,26)/t16-,18-/m0/s1. The summed E-state index contributed by atoms with van der Waals surface area (Å²) >= 11 is 0. The number of piperidine rings is 1. The second-order valence-electron chi connectivity index (χ2n) is 7.15. The van der Waals surface area contributed by atoms with Gasteiger partial charge >= 0.3 is 5.97 Å². The predicted molar refractivity (Wildman–Crippen MR) is 98.5 cm³/mol. The van der Waals surface area contributed by atoms with Crippen molar-refractivity contribution in [2.24, 2.45) is 5.92 Å². The third kappa shape index (κ3) is 6.17. The van der Waals surface area contributed by atoms with Gasteiger partial charge in [0.2, 0.25) is 11.8 Å². The number of carboxylic acid groups (broad SMARTS) is 1. The molecule has 0 aliphatic carbocycles. The SMILES string of the molecule is CC(=O)N[C@@H](CC(=O)N1CCC[C@@H](CCC(=O)O)C1)c1ccc(C)cc1. The summed E-state index contributed by atoms with van der Waals surface area (Å²) in [5.41, 5.74) is 2.04. The maximum absolute atomic E-state index is 12.8. The normalized spacial score (nSPS) is 18.2. The number of nitrogens with zero attached hydrogens (tertiary/aromatic N) is 1. The van der Waals surface area contributed by atoms with Crippen LogP contribution in [0.4, 0.5) is 0 Å². The van der Waals surface area contributed by atoms with Gasteiger partial charge in [-0.25, -0.2) is 0 Å². The molecule has 1 fully saturated rings.